The summed E-state index contributed by atoms with van der Waals surface area (Å²) in [5, 5.41) is 2.97. The molecule has 1 N–H and O–H groups in total. The summed E-state index contributed by atoms with van der Waals surface area (Å²) in [6, 6.07) is 7.38. The van der Waals surface area contributed by atoms with Crippen molar-refractivity contribution < 1.29 is 0 Å². The second kappa shape index (κ2) is 3.62. The largest absolute Gasteiger partial charge is 0.309 e. The quantitative estimate of drug-likeness (QED) is 0.747. The van der Waals surface area contributed by atoms with Crippen LogP contribution < -0.4 is 5.32 Å². The van der Waals surface area contributed by atoms with E-state index in [0.717, 1.165) is 5.82 Å². The van der Waals surface area contributed by atoms with Gasteiger partial charge in [-0.1, -0.05) is 6.07 Å². The molecule has 0 aliphatic heterocycles. The summed E-state index contributed by atoms with van der Waals surface area (Å²) < 4.78 is 0. The van der Waals surface area contributed by atoms with E-state index in [9.17, 15) is 0 Å². The zero-order valence-corrected chi connectivity index (χ0v) is 6.88. The summed E-state index contributed by atoms with van der Waals surface area (Å²) in [6.45, 7) is 0. The molecule has 13 heavy (non-hydrogen) atoms. The van der Waals surface area contributed by atoms with Crippen molar-refractivity contribution in [1.29, 1.82) is 0 Å². The zero-order valence-electron chi connectivity index (χ0n) is 6.88. The molecule has 0 unspecified atom stereocenters. The standard InChI is InChI=1S/C9H8N4/c1-2-5-10-8(4-1)13-9-11-6-3-7-12-9/h1-7H,(H,10,11,12,13). The second-order valence-electron chi connectivity index (χ2n) is 2.41. The highest BCUT2D eigenvalue weighted by molar-refractivity contribution is 5.46. The maximum atomic E-state index is 4.08. The number of hydrogen-bond acceptors (Lipinski definition) is 4. The summed E-state index contributed by atoms with van der Waals surface area (Å²) in [5.41, 5.74) is 0. The fourth-order valence-corrected chi connectivity index (χ4v) is 0.915. The van der Waals surface area contributed by atoms with Crippen LogP contribution in [0.4, 0.5) is 11.8 Å². The summed E-state index contributed by atoms with van der Waals surface area (Å²) >= 11 is 0. The number of anilines is 2. The molecule has 0 atom stereocenters. The first-order valence-electron chi connectivity index (χ1n) is 3.90. The maximum Gasteiger partial charge on any atom is 0.228 e. The summed E-state index contributed by atoms with van der Waals surface area (Å²) in [7, 11) is 0. The van der Waals surface area contributed by atoms with Gasteiger partial charge in [0.15, 0.2) is 0 Å². The van der Waals surface area contributed by atoms with E-state index in [4.69, 9.17) is 0 Å². The third-order valence-electron chi connectivity index (χ3n) is 1.47. The lowest BCUT2D eigenvalue weighted by Crippen LogP contribution is -1.96. The molecule has 0 saturated heterocycles. The van der Waals surface area contributed by atoms with Crippen LogP contribution in [0.3, 0.4) is 0 Å². The minimum absolute atomic E-state index is 0.557. The molecule has 64 valence electrons. The Morgan fingerprint density at radius 1 is 0.846 bits per heavy atom. The van der Waals surface area contributed by atoms with Crippen LogP contribution in [0.2, 0.25) is 0 Å². The SMILES string of the molecule is c1ccc(Nc2ncccn2)nc1. The van der Waals surface area contributed by atoms with E-state index in [-0.39, 0.29) is 0 Å². The van der Waals surface area contributed by atoms with Crippen molar-refractivity contribution >= 4 is 11.8 Å². The smallest absolute Gasteiger partial charge is 0.228 e. The highest BCUT2D eigenvalue weighted by atomic mass is 15.1. The van der Waals surface area contributed by atoms with E-state index in [0.29, 0.717) is 5.95 Å². The number of aromatic nitrogens is 3. The predicted octanol–water partition coefficient (Wildman–Crippen LogP) is 1.62. The van der Waals surface area contributed by atoms with Crippen molar-refractivity contribution in [3.63, 3.8) is 0 Å². The Hall–Kier alpha value is -1.97. The minimum atomic E-state index is 0.557. The lowest BCUT2D eigenvalue weighted by atomic mass is 10.5. The lowest BCUT2D eigenvalue weighted by Gasteiger charge is -2.00. The van der Waals surface area contributed by atoms with Crippen LogP contribution in [0.5, 0.6) is 0 Å². The van der Waals surface area contributed by atoms with Crippen LogP contribution in [0.15, 0.2) is 42.9 Å². The van der Waals surface area contributed by atoms with Gasteiger partial charge in [-0.05, 0) is 18.2 Å². The average molecular weight is 172 g/mol. The molecule has 0 fully saturated rings. The molecule has 0 saturated carbocycles. The average Bonchev–Trinajstić information content (AvgIpc) is 2.21. The molecule has 0 spiro atoms. The molecule has 0 radical (unpaired) electrons. The molecular weight excluding hydrogens is 164 g/mol. The summed E-state index contributed by atoms with van der Waals surface area (Å²) in [4.78, 5) is 12.1. The molecule has 0 amide bonds. The van der Waals surface area contributed by atoms with Crippen LogP contribution >= 0.6 is 0 Å². The summed E-state index contributed by atoms with van der Waals surface area (Å²) in [6.07, 6.45) is 5.07. The van der Waals surface area contributed by atoms with E-state index in [1.165, 1.54) is 0 Å². The van der Waals surface area contributed by atoms with Gasteiger partial charge in [-0.3, -0.25) is 0 Å². The van der Waals surface area contributed by atoms with Crippen LogP contribution in [0.25, 0.3) is 0 Å². The molecule has 2 aromatic rings. The van der Waals surface area contributed by atoms with Crippen LogP contribution in [-0.4, -0.2) is 15.0 Å². The third kappa shape index (κ3) is 1.99. The van der Waals surface area contributed by atoms with Gasteiger partial charge >= 0.3 is 0 Å². The van der Waals surface area contributed by atoms with Crippen molar-refractivity contribution in [3.05, 3.63) is 42.9 Å². The van der Waals surface area contributed by atoms with Gasteiger partial charge in [-0.25, -0.2) is 15.0 Å². The highest BCUT2D eigenvalue weighted by Gasteiger charge is 1.94. The minimum Gasteiger partial charge on any atom is -0.309 e. The van der Waals surface area contributed by atoms with Gasteiger partial charge < -0.3 is 5.32 Å². The Balaban J connectivity index is 2.16. The van der Waals surface area contributed by atoms with Gasteiger partial charge in [0.2, 0.25) is 5.95 Å². The molecule has 0 bridgehead atoms. The third-order valence-corrected chi connectivity index (χ3v) is 1.47. The van der Waals surface area contributed by atoms with Gasteiger partial charge in [0.05, 0.1) is 0 Å². The second-order valence-corrected chi connectivity index (χ2v) is 2.41. The van der Waals surface area contributed by atoms with Crippen LogP contribution in [0, 0.1) is 0 Å². The number of rotatable bonds is 2. The van der Waals surface area contributed by atoms with Gasteiger partial charge in [-0.2, -0.15) is 0 Å². The molecule has 4 nitrogen and oxygen atoms in total. The number of nitrogens with zero attached hydrogens (tertiary/aromatic N) is 3. The lowest BCUT2D eigenvalue weighted by molar-refractivity contribution is 1.15. The van der Waals surface area contributed by atoms with E-state index in [2.05, 4.69) is 20.3 Å². The molecule has 2 rings (SSSR count). The summed E-state index contributed by atoms with van der Waals surface area (Å²) in [5.74, 6) is 1.30. The van der Waals surface area contributed by atoms with Crippen molar-refractivity contribution in [2.24, 2.45) is 0 Å². The van der Waals surface area contributed by atoms with Crippen LogP contribution in [-0.2, 0) is 0 Å². The fraction of sp³-hybridized carbons (Fsp3) is 0. The van der Waals surface area contributed by atoms with Crippen molar-refractivity contribution in [1.82, 2.24) is 15.0 Å². The topological polar surface area (TPSA) is 50.7 Å². The first kappa shape index (κ1) is 7.67. The zero-order chi connectivity index (χ0) is 8.93. The molecule has 4 heteroatoms. The van der Waals surface area contributed by atoms with Gasteiger partial charge in [0.25, 0.3) is 0 Å². The Kier molecular flexibility index (Phi) is 2.14. The van der Waals surface area contributed by atoms with Crippen molar-refractivity contribution in [3.8, 4) is 0 Å². The van der Waals surface area contributed by atoms with E-state index in [1.54, 1.807) is 24.7 Å². The number of hydrogen-bond donors (Lipinski definition) is 1. The monoisotopic (exact) mass is 172 g/mol. The van der Waals surface area contributed by atoms with Crippen LogP contribution in [0.1, 0.15) is 0 Å². The highest BCUT2D eigenvalue weighted by Crippen LogP contribution is 2.06. The molecule has 2 aromatic heterocycles. The molecule has 0 aliphatic rings. The van der Waals surface area contributed by atoms with E-state index < -0.39 is 0 Å². The molecule has 0 aliphatic carbocycles. The Morgan fingerprint density at radius 3 is 2.31 bits per heavy atom. The van der Waals surface area contributed by atoms with Crippen molar-refractivity contribution in [2.75, 3.05) is 5.32 Å². The van der Waals surface area contributed by atoms with Crippen molar-refractivity contribution in [2.45, 2.75) is 0 Å². The Bertz CT molecular complexity index is 322. The Morgan fingerprint density at radius 2 is 1.62 bits per heavy atom. The fourth-order valence-electron chi connectivity index (χ4n) is 0.915. The predicted molar refractivity (Wildman–Crippen MR) is 49.6 cm³/mol. The first-order valence-corrected chi connectivity index (χ1v) is 3.90. The first-order chi connectivity index (χ1) is 6.45. The van der Waals surface area contributed by atoms with Gasteiger partial charge in [-0.15, -0.1) is 0 Å². The normalized spacial score (nSPS) is 9.54. The van der Waals surface area contributed by atoms with Gasteiger partial charge in [0, 0.05) is 18.6 Å². The van der Waals surface area contributed by atoms with E-state index >= 15 is 0 Å². The van der Waals surface area contributed by atoms with Gasteiger partial charge in [0.1, 0.15) is 5.82 Å². The number of pyridine rings is 1. The maximum absolute atomic E-state index is 4.08. The Labute approximate surface area is 75.7 Å². The molecule has 0 aromatic carbocycles. The molecular formula is C9H8N4. The molecule has 2 heterocycles. The van der Waals surface area contributed by atoms with E-state index in [1.807, 2.05) is 18.2 Å². The number of nitrogens with one attached hydrogen (secondary N) is 1.